The van der Waals surface area contributed by atoms with Gasteiger partial charge in [-0.2, -0.15) is 4.98 Å². The fraction of sp³-hybridized carbons (Fsp3) is 0.667. The highest BCUT2D eigenvalue weighted by atomic mass is 16.5. The number of nitrogens with one attached hydrogen (secondary N) is 1. The van der Waals surface area contributed by atoms with Crippen molar-refractivity contribution >= 4 is 5.82 Å². The minimum Gasteiger partial charge on any atom is -0.477 e. The minimum atomic E-state index is 0.457. The van der Waals surface area contributed by atoms with Gasteiger partial charge in [-0.05, 0) is 13.3 Å². The van der Waals surface area contributed by atoms with Gasteiger partial charge in [0.2, 0.25) is 5.88 Å². The Morgan fingerprint density at radius 1 is 1.50 bits per heavy atom. The van der Waals surface area contributed by atoms with Crippen LogP contribution in [0.1, 0.15) is 24.7 Å². The van der Waals surface area contributed by atoms with E-state index >= 15 is 0 Å². The molecule has 100 valence electrons. The predicted octanol–water partition coefficient (Wildman–Crippen LogP) is 1.05. The third-order valence-corrected chi connectivity index (χ3v) is 3.08. The molecular weight excluding hydrogens is 232 g/mol. The lowest BCUT2D eigenvalue weighted by Gasteiger charge is -2.14. The standard InChI is InChI=1S/C12H20N4O2/c1-3-10-14-11(16-13)8(2)12(15-10)18-7-9-4-5-17-6-9/h9H,3-7,13H2,1-2H3,(H,14,15,16). The summed E-state index contributed by atoms with van der Waals surface area (Å²) in [5, 5.41) is 0. The Hall–Kier alpha value is -1.40. The number of aryl methyl sites for hydroxylation is 1. The van der Waals surface area contributed by atoms with E-state index in [4.69, 9.17) is 15.3 Å². The summed E-state index contributed by atoms with van der Waals surface area (Å²) in [6, 6.07) is 0. The maximum Gasteiger partial charge on any atom is 0.221 e. The SMILES string of the molecule is CCc1nc(NN)c(C)c(OCC2CCOC2)n1. The molecule has 1 aromatic rings. The van der Waals surface area contributed by atoms with E-state index in [1.807, 2.05) is 13.8 Å². The highest BCUT2D eigenvalue weighted by molar-refractivity contribution is 5.47. The fourth-order valence-electron chi connectivity index (χ4n) is 1.89. The number of aromatic nitrogens is 2. The minimum absolute atomic E-state index is 0.457. The van der Waals surface area contributed by atoms with E-state index in [1.54, 1.807) is 0 Å². The summed E-state index contributed by atoms with van der Waals surface area (Å²) in [4.78, 5) is 8.69. The smallest absolute Gasteiger partial charge is 0.221 e. The third-order valence-electron chi connectivity index (χ3n) is 3.08. The number of rotatable bonds is 5. The second-order valence-electron chi connectivity index (χ2n) is 4.46. The Balaban J connectivity index is 2.09. The van der Waals surface area contributed by atoms with Crippen molar-refractivity contribution in [3.05, 3.63) is 11.4 Å². The zero-order chi connectivity index (χ0) is 13.0. The number of hydrogen-bond donors (Lipinski definition) is 2. The molecule has 0 radical (unpaired) electrons. The van der Waals surface area contributed by atoms with Gasteiger partial charge in [-0.25, -0.2) is 10.8 Å². The Bertz CT molecular complexity index is 405. The molecule has 18 heavy (non-hydrogen) atoms. The zero-order valence-corrected chi connectivity index (χ0v) is 10.9. The Labute approximate surface area is 107 Å². The van der Waals surface area contributed by atoms with Crippen molar-refractivity contribution in [1.29, 1.82) is 0 Å². The van der Waals surface area contributed by atoms with Crippen LogP contribution in [0, 0.1) is 12.8 Å². The Morgan fingerprint density at radius 3 is 2.94 bits per heavy atom. The molecule has 0 bridgehead atoms. The lowest BCUT2D eigenvalue weighted by atomic mass is 10.1. The molecule has 2 rings (SSSR count). The number of nitrogen functional groups attached to an aromatic ring is 1. The largest absolute Gasteiger partial charge is 0.477 e. The summed E-state index contributed by atoms with van der Waals surface area (Å²) in [6.07, 6.45) is 1.80. The molecular formula is C12H20N4O2. The lowest BCUT2D eigenvalue weighted by molar-refractivity contribution is 0.165. The molecule has 3 N–H and O–H groups in total. The van der Waals surface area contributed by atoms with Gasteiger partial charge in [-0.1, -0.05) is 6.92 Å². The van der Waals surface area contributed by atoms with E-state index in [0.29, 0.717) is 24.2 Å². The fourth-order valence-corrected chi connectivity index (χ4v) is 1.89. The highest BCUT2D eigenvalue weighted by Crippen LogP contribution is 2.23. The average Bonchev–Trinajstić information content (AvgIpc) is 2.90. The van der Waals surface area contributed by atoms with Crippen LogP contribution in [0.5, 0.6) is 5.88 Å². The van der Waals surface area contributed by atoms with Gasteiger partial charge in [0.1, 0.15) is 11.6 Å². The van der Waals surface area contributed by atoms with Crippen LogP contribution in [0.25, 0.3) is 0 Å². The number of ether oxygens (including phenoxy) is 2. The normalized spacial score (nSPS) is 18.9. The van der Waals surface area contributed by atoms with Crippen LogP contribution in [0.15, 0.2) is 0 Å². The van der Waals surface area contributed by atoms with E-state index in [2.05, 4.69) is 15.4 Å². The summed E-state index contributed by atoms with van der Waals surface area (Å²) in [5.74, 6) is 7.87. The van der Waals surface area contributed by atoms with Crippen LogP contribution in [0.4, 0.5) is 5.82 Å². The van der Waals surface area contributed by atoms with Crippen molar-refractivity contribution < 1.29 is 9.47 Å². The van der Waals surface area contributed by atoms with E-state index < -0.39 is 0 Å². The second-order valence-corrected chi connectivity index (χ2v) is 4.46. The first-order valence-corrected chi connectivity index (χ1v) is 6.29. The molecule has 6 heteroatoms. The van der Waals surface area contributed by atoms with Gasteiger partial charge in [-0.15, -0.1) is 0 Å². The molecule has 1 aliphatic heterocycles. The molecule has 0 spiro atoms. The summed E-state index contributed by atoms with van der Waals surface area (Å²) >= 11 is 0. The topological polar surface area (TPSA) is 82.3 Å². The molecule has 1 unspecified atom stereocenters. The summed E-state index contributed by atoms with van der Waals surface area (Å²) < 4.78 is 11.1. The van der Waals surface area contributed by atoms with Gasteiger partial charge in [0.05, 0.1) is 18.8 Å². The first kappa shape index (κ1) is 13.0. The number of hydrogen-bond acceptors (Lipinski definition) is 6. The van der Waals surface area contributed by atoms with Crippen molar-refractivity contribution in [1.82, 2.24) is 9.97 Å². The van der Waals surface area contributed by atoms with E-state index in [-0.39, 0.29) is 0 Å². The molecule has 2 heterocycles. The quantitative estimate of drug-likeness (QED) is 0.602. The molecule has 0 saturated carbocycles. The van der Waals surface area contributed by atoms with Crippen molar-refractivity contribution in [2.45, 2.75) is 26.7 Å². The first-order valence-electron chi connectivity index (χ1n) is 6.29. The first-order chi connectivity index (χ1) is 8.74. The van der Waals surface area contributed by atoms with Crippen molar-refractivity contribution in [2.24, 2.45) is 11.8 Å². The van der Waals surface area contributed by atoms with E-state index in [1.165, 1.54) is 0 Å². The predicted molar refractivity (Wildman–Crippen MR) is 68.4 cm³/mol. The molecule has 1 aromatic heterocycles. The van der Waals surface area contributed by atoms with Crippen LogP contribution in [-0.4, -0.2) is 29.8 Å². The van der Waals surface area contributed by atoms with Crippen LogP contribution < -0.4 is 16.0 Å². The van der Waals surface area contributed by atoms with Gasteiger partial charge < -0.3 is 14.9 Å². The lowest BCUT2D eigenvalue weighted by Crippen LogP contribution is -2.16. The molecule has 1 fully saturated rings. The zero-order valence-electron chi connectivity index (χ0n) is 10.9. The Morgan fingerprint density at radius 2 is 2.33 bits per heavy atom. The van der Waals surface area contributed by atoms with Crippen molar-refractivity contribution in [3.63, 3.8) is 0 Å². The molecule has 1 saturated heterocycles. The van der Waals surface area contributed by atoms with Gasteiger partial charge in [0, 0.05) is 18.9 Å². The highest BCUT2D eigenvalue weighted by Gasteiger charge is 2.18. The maximum atomic E-state index is 5.78. The molecule has 0 aliphatic carbocycles. The van der Waals surface area contributed by atoms with Gasteiger partial charge in [-0.3, -0.25) is 0 Å². The van der Waals surface area contributed by atoms with Gasteiger partial charge in [0.25, 0.3) is 0 Å². The monoisotopic (exact) mass is 252 g/mol. The molecule has 6 nitrogen and oxygen atoms in total. The van der Waals surface area contributed by atoms with E-state index in [9.17, 15) is 0 Å². The van der Waals surface area contributed by atoms with Gasteiger partial charge in [0.15, 0.2) is 0 Å². The third kappa shape index (κ3) is 2.88. The second kappa shape index (κ2) is 5.97. The van der Waals surface area contributed by atoms with Crippen molar-refractivity contribution in [3.8, 4) is 5.88 Å². The molecule has 1 aliphatic rings. The van der Waals surface area contributed by atoms with Gasteiger partial charge >= 0.3 is 0 Å². The number of nitrogens with zero attached hydrogens (tertiary/aromatic N) is 2. The molecule has 1 atom stereocenters. The maximum absolute atomic E-state index is 5.78. The average molecular weight is 252 g/mol. The summed E-state index contributed by atoms with van der Waals surface area (Å²) in [6.45, 7) is 6.12. The number of nitrogens with two attached hydrogens (primary N) is 1. The van der Waals surface area contributed by atoms with Crippen LogP contribution in [0.3, 0.4) is 0 Å². The van der Waals surface area contributed by atoms with E-state index in [0.717, 1.165) is 37.4 Å². The number of anilines is 1. The number of hydrazine groups is 1. The summed E-state index contributed by atoms with van der Waals surface area (Å²) in [7, 11) is 0. The Kier molecular flexibility index (Phi) is 4.33. The molecule has 0 aromatic carbocycles. The van der Waals surface area contributed by atoms with Crippen LogP contribution in [-0.2, 0) is 11.2 Å². The molecule has 0 amide bonds. The summed E-state index contributed by atoms with van der Waals surface area (Å²) in [5.41, 5.74) is 3.42. The van der Waals surface area contributed by atoms with Crippen molar-refractivity contribution in [2.75, 3.05) is 25.2 Å². The van der Waals surface area contributed by atoms with Crippen LogP contribution in [0.2, 0.25) is 0 Å². The van der Waals surface area contributed by atoms with Crippen LogP contribution >= 0.6 is 0 Å².